The topological polar surface area (TPSA) is 108 Å². The van der Waals surface area contributed by atoms with Crippen LogP contribution < -0.4 is 0 Å². The lowest BCUT2D eigenvalue weighted by Crippen LogP contribution is -2.32. The Bertz CT molecular complexity index is 820. The van der Waals surface area contributed by atoms with Gasteiger partial charge in [0.15, 0.2) is 0 Å². The molecule has 0 aliphatic carbocycles. The molecule has 0 aromatic heterocycles. The van der Waals surface area contributed by atoms with Crippen molar-refractivity contribution in [2.24, 2.45) is 0 Å². The Morgan fingerprint density at radius 2 is 1.72 bits per heavy atom. The van der Waals surface area contributed by atoms with Crippen LogP contribution in [0.4, 0.5) is 5.69 Å². The molecule has 0 unspecified atom stereocenters. The van der Waals surface area contributed by atoms with Crippen LogP contribution in [0, 0.1) is 10.1 Å². The van der Waals surface area contributed by atoms with Crippen LogP contribution in [0.1, 0.15) is 24.3 Å². The van der Waals surface area contributed by atoms with E-state index in [0.717, 1.165) is 12.8 Å². The number of methoxy groups -OCH3 is 2. The highest BCUT2D eigenvalue weighted by atomic mass is 16.6. The van der Waals surface area contributed by atoms with Crippen LogP contribution in [0.25, 0.3) is 0 Å². The molecule has 0 radical (unpaired) electrons. The number of benzene rings is 1. The summed E-state index contributed by atoms with van der Waals surface area (Å²) >= 11 is 0. The van der Waals surface area contributed by atoms with E-state index in [1.54, 1.807) is 17.3 Å². The average molecular weight is 402 g/mol. The summed E-state index contributed by atoms with van der Waals surface area (Å²) in [5, 5.41) is 11.0. The van der Waals surface area contributed by atoms with Gasteiger partial charge in [-0.2, -0.15) is 0 Å². The minimum Gasteiger partial charge on any atom is -0.466 e. The van der Waals surface area contributed by atoms with Gasteiger partial charge in [-0.25, -0.2) is 9.59 Å². The molecule has 2 aliphatic heterocycles. The van der Waals surface area contributed by atoms with Gasteiger partial charge in [0, 0.05) is 37.7 Å². The summed E-state index contributed by atoms with van der Waals surface area (Å²) < 4.78 is 15.5. The highest BCUT2D eigenvalue weighted by Gasteiger charge is 2.36. The molecule has 0 N–H and O–H groups in total. The molecule has 2 heterocycles. The summed E-state index contributed by atoms with van der Waals surface area (Å²) in [5.41, 5.74) is 0.932. The largest absolute Gasteiger partial charge is 0.466 e. The van der Waals surface area contributed by atoms with Crippen molar-refractivity contribution in [1.29, 1.82) is 0 Å². The molecule has 0 saturated carbocycles. The predicted octanol–water partition coefficient (Wildman–Crippen LogP) is 2.29. The van der Waals surface area contributed by atoms with Crippen LogP contribution >= 0.6 is 0 Å². The van der Waals surface area contributed by atoms with Crippen LogP contribution in [0.5, 0.6) is 0 Å². The SMILES string of the molecule is COC(=O)C1=CN(C[C@@H]2CCCO2)C=C(C(=O)OC)C1c1ccc([N+](=O)[O-])cc1. The van der Waals surface area contributed by atoms with Crippen molar-refractivity contribution in [1.82, 2.24) is 4.90 Å². The number of non-ortho nitro benzene ring substituents is 1. The molecule has 9 heteroatoms. The zero-order chi connectivity index (χ0) is 21.0. The summed E-state index contributed by atoms with van der Waals surface area (Å²) in [6.45, 7) is 1.17. The highest BCUT2D eigenvalue weighted by molar-refractivity contribution is 5.98. The highest BCUT2D eigenvalue weighted by Crippen LogP contribution is 2.37. The fourth-order valence-corrected chi connectivity index (χ4v) is 3.56. The fraction of sp³-hybridized carbons (Fsp3) is 0.400. The first-order chi connectivity index (χ1) is 13.9. The van der Waals surface area contributed by atoms with Gasteiger partial charge in [-0.15, -0.1) is 0 Å². The van der Waals surface area contributed by atoms with Crippen molar-refractivity contribution in [3.63, 3.8) is 0 Å². The Labute approximate surface area is 167 Å². The zero-order valence-corrected chi connectivity index (χ0v) is 16.2. The van der Waals surface area contributed by atoms with E-state index in [0.29, 0.717) is 18.7 Å². The van der Waals surface area contributed by atoms with E-state index in [1.165, 1.54) is 38.5 Å². The molecule has 3 rings (SSSR count). The van der Waals surface area contributed by atoms with E-state index in [1.807, 2.05) is 0 Å². The summed E-state index contributed by atoms with van der Waals surface area (Å²) in [6.07, 6.45) is 5.12. The molecule has 154 valence electrons. The normalized spacial score (nSPS) is 19.4. The van der Waals surface area contributed by atoms with Crippen LogP contribution in [-0.2, 0) is 23.8 Å². The standard InChI is InChI=1S/C20H22N2O7/c1-27-19(23)16-11-21(10-15-4-3-9-29-15)12-17(20(24)28-2)18(16)13-5-7-14(8-6-13)22(25)26/h5-8,11-12,15,18H,3-4,9-10H2,1-2H3/t15-/m0/s1. The zero-order valence-electron chi connectivity index (χ0n) is 16.2. The van der Waals surface area contributed by atoms with Gasteiger partial charge in [-0.05, 0) is 18.4 Å². The molecular formula is C20H22N2O7. The van der Waals surface area contributed by atoms with Crippen molar-refractivity contribution < 1.29 is 28.7 Å². The lowest BCUT2D eigenvalue weighted by Gasteiger charge is -2.31. The number of nitro groups is 1. The monoisotopic (exact) mass is 402 g/mol. The third-order valence-corrected chi connectivity index (χ3v) is 4.95. The summed E-state index contributed by atoms with van der Waals surface area (Å²) in [4.78, 5) is 37.2. The van der Waals surface area contributed by atoms with Gasteiger partial charge in [-0.3, -0.25) is 10.1 Å². The average Bonchev–Trinajstić information content (AvgIpc) is 3.25. The van der Waals surface area contributed by atoms with E-state index >= 15 is 0 Å². The van der Waals surface area contributed by atoms with Crippen molar-refractivity contribution in [2.45, 2.75) is 24.9 Å². The number of carbonyl (C=O) groups excluding carboxylic acids is 2. The third-order valence-electron chi connectivity index (χ3n) is 4.95. The summed E-state index contributed by atoms with van der Waals surface area (Å²) in [6, 6.07) is 5.70. The first kappa shape index (κ1) is 20.5. The second-order valence-electron chi connectivity index (χ2n) is 6.77. The van der Waals surface area contributed by atoms with E-state index < -0.39 is 22.8 Å². The van der Waals surface area contributed by atoms with E-state index in [4.69, 9.17) is 14.2 Å². The van der Waals surface area contributed by atoms with Gasteiger partial charge < -0.3 is 19.1 Å². The molecule has 0 amide bonds. The molecule has 0 spiro atoms. The first-order valence-electron chi connectivity index (χ1n) is 9.16. The van der Waals surface area contributed by atoms with Crippen LogP contribution in [0.3, 0.4) is 0 Å². The second-order valence-corrected chi connectivity index (χ2v) is 6.77. The number of esters is 2. The number of hydrogen-bond donors (Lipinski definition) is 0. The molecule has 0 bridgehead atoms. The number of ether oxygens (including phenoxy) is 3. The van der Waals surface area contributed by atoms with E-state index in [9.17, 15) is 19.7 Å². The lowest BCUT2D eigenvalue weighted by atomic mass is 9.83. The number of carbonyl (C=O) groups is 2. The Balaban J connectivity index is 2.02. The van der Waals surface area contributed by atoms with Crippen molar-refractivity contribution in [2.75, 3.05) is 27.4 Å². The number of nitrogens with zero attached hydrogens (tertiary/aromatic N) is 2. The Morgan fingerprint density at radius 3 is 2.17 bits per heavy atom. The van der Waals surface area contributed by atoms with Crippen molar-refractivity contribution in [3.05, 3.63) is 63.5 Å². The molecule has 9 nitrogen and oxygen atoms in total. The molecule has 1 atom stereocenters. The van der Waals surface area contributed by atoms with E-state index in [-0.39, 0.29) is 22.9 Å². The van der Waals surface area contributed by atoms with Crippen LogP contribution in [0.2, 0.25) is 0 Å². The molecule has 1 aromatic carbocycles. The van der Waals surface area contributed by atoms with Crippen LogP contribution in [-0.4, -0.2) is 55.2 Å². The van der Waals surface area contributed by atoms with Gasteiger partial charge in [0.1, 0.15) is 0 Å². The van der Waals surface area contributed by atoms with Gasteiger partial charge in [0.05, 0.1) is 42.3 Å². The quantitative estimate of drug-likeness (QED) is 0.405. The maximum atomic E-state index is 12.5. The Hall–Kier alpha value is -3.20. The van der Waals surface area contributed by atoms with Gasteiger partial charge in [-0.1, -0.05) is 12.1 Å². The summed E-state index contributed by atoms with van der Waals surface area (Å²) in [7, 11) is 2.52. The van der Waals surface area contributed by atoms with Crippen molar-refractivity contribution >= 4 is 17.6 Å². The lowest BCUT2D eigenvalue weighted by molar-refractivity contribution is -0.384. The molecule has 29 heavy (non-hydrogen) atoms. The van der Waals surface area contributed by atoms with Gasteiger partial charge in [0.2, 0.25) is 0 Å². The van der Waals surface area contributed by atoms with Gasteiger partial charge >= 0.3 is 11.9 Å². The molecular weight excluding hydrogens is 380 g/mol. The number of hydrogen-bond acceptors (Lipinski definition) is 8. The molecule has 1 saturated heterocycles. The maximum Gasteiger partial charge on any atom is 0.336 e. The molecule has 2 aliphatic rings. The number of nitro benzene ring substituents is 1. The second kappa shape index (κ2) is 8.87. The molecule has 1 aromatic rings. The van der Waals surface area contributed by atoms with Gasteiger partial charge in [0.25, 0.3) is 5.69 Å². The van der Waals surface area contributed by atoms with Crippen LogP contribution in [0.15, 0.2) is 47.8 Å². The molecule has 1 fully saturated rings. The minimum absolute atomic E-state index is 0.00350. The fourth-order valence-electron chi connectivity index (χ4n) is 3.56. The Kier molecular flexibility index (Phi) is 6.28. The predicted molar refractivity (Wildman–Crippen MR) is 102 cm³/mol. The Morgan fingerprint density at radius 1 is 1.14 bits per heavy atom. The van der Waals surface area contributed by atoms with Crippen molar-refractivity contribution in [3.8, 4) is 0 Å². The first-order valence-corrected chi connectivity index (χ1v) is 9.16. The number of rotatable bonds is 6. The third kappa shape index (κ3) is 4.45. The van der Waals surface area contributed by atoms with E-state index in [2.05, 4.69) is 0 Å². The summed E-state index contributed by atoms with van der Waals surface area (Å²) in [5.74, 6) is -1.96. The maximum absolute atomic E-state index is 12.5. The minimum atomic E-state index is -0.767. The smallest absolute Gasteiger partial charge is 0.336 e.